The smallest absolute Gasteiger partial charge is 0.422 e. The van der Waals surface area contributed by atoms with E-state index >= 15 is 0 Å². The van der Waals surface area contributed by atoms with Gasteiger partial charge in [-0.3, -0.25) is 14.6 Å². The van der Waals surface area contributed by atoms with Crippen molar-refractivity contribution < 1.29 is 32.2 Å². The number of nitrogens with zero attached hydrogens (tertiary/aromatic N) is 3. The van der Waals surface area contributed by atoms with Gasteiger partial charge in [0, 0.05) is 38.2 Å². The van der Waals surface area contributed by atoms with Gasteiger partial charge >= 0.3 is 6.18 Å². The normalized spacial score (nSPS) is 16.4. The number of aryl methyl sites for hydroxylation is 1. The fourth-order valence-electron chi connectivity index (χ4n) is 3.62. The molecule has 4 heterocycles. The molecular formula is C24H30F3N5O4. The Balaban J connectivity index is 0.000000819. The summed E-state index contributed by atoms with van der Waals surface area (Å²) in [6.07, 6.45) is -1.26. The van der Waals surface area contributed by atoms with Crippen LogP contribution in [-0.4, -0.2) is 67.4 Å². The van der Waals surface area contributed by atoms with Gasteiger partial charge in [0.05, 0.1) is 24.3 Å². The Hall–Kier alpha value is -3.41. The van der Waals surface area contributed by atoms with E-state index < -0.39 is 12.8 Å². The Bertz CT molecular complexity index is 1050. The van der Waals surface area contributed by atoms with Crippen molar-refractivity contribution >= 4 is 17.6 Å². The molecule has 2 amide bonds. The summed E-state index contributed by atoms with van der Waals surface area (Å²) in [5.74, 6) is -0.0823. The fourth-order valence-corrected chi connectivity index (χ4v) is 3.62. The van der Waals surface area contributed by atoms with Crippen molar-refractivity contribution in [3.05, 3.63) is 47.3 Å². The highest BCUT2D eigenvalue weighted by Crippen LogP contribution is 2.27. The molecule has 4 rings (SSSR count). The van der Waals surface area contributed by atoms with Crippen molar-refractivity contribution in [1.82, 2.24) is 20.6 Å². The van der Waals surface area contributed by atoms with E-state index in [2.05, 4.69) is 20.6 Å². The average Bonchev–Trinajstić information content (AvgIpc) is 3.64. The van der Waals surface area contributed by atoms with E-state index in [1.165, 1.54) is 12.1 Å². The number of rotatable bonds is 7. The Morgan fingerprint density at radius 3 is 2.50 bits per heavy atom. The predicted molar refractivity (Wildman–Crippen MR) is 126 cm³/mol. The Kier molecular flexibility index (Phi) is 9.08. The standard InChI is InChI=1S/C22H27F3N4O3.C2H3NO/c1-14-12-16(6-9-26-14)15(2)27-21(30)18-4-5-19(32-13-22(23,24)25)28-20(18)29-10-7-17(31-3)8-11-29;4-2-1-3-2/h4-6,9,12,15,17H,7-8,10-11,13H2,1-3H3,(H,27,30);1H2,(H,3,4). The van der Waals surface area contributed by atoms with Crippen molar-refractivity contribution in [2.24, 2.45) is 0 Å². The van der Waals surface area contributed by atoms with Crippen LogP contribution in [0.3, 0.4) is 0 Å². The fraction of sp³-hybridized carbons (Fsp3) is 0.500. The number of amides is 2. The monoisotopic (exact) mass is 509 g/mol. The van der Waals surface area contributed by atoms with E-state index in [0.717, 1.165) is 24.1 Å². The first-order chi connectivity index (χ1) is 17.1. The first-order valence-electron chi connectivity index (χ1n) is 11.5. The number of anilines is 1. The van der Waals surface area contributed by atoms with Crippen LogP contribution in [0.4, 0.5) is 19.0 Å². The summed E-state index contributed by atoms with van der Waals surface area (Å²) in [5, 5.41) is 5.39. The first kappa shape index (κ1) is 27.2. The van der Waals surface area contributed by atoms with E-state index in [9.17, 15) is 22.8 Å². The Morgan fingerprint density at radius 1 is 1.28 bits per heavy atom. The molecule has 0 radical (unpaired) electrons. The molecule has 1 atom stereocenters. The van der Waals surface area contributed by atoms with Gasteiger partial charge < -0.3 is 25.0 Å². The first-order valence-corrected chi connectivity index (χ1v) is 11.5. The van der Waals surface area contributed by atoms with E-state index in [1.807, 2.05) is 30.9 Å². The SMILES string of the molecule is COC1CCN(c2nc(OCC(F)(F)F)ccc2C(=O)NC(C)c2ccnc(C)c2)CC1.O=C1CN1. The van der Waals surface area contributed by atoms with Crippen molar-refractivity contribution in [1.29, 1.82) is 0 Å². The maximum Gasteiger partial charge on any atom is 0.422 e. The van der Waals surface area contributed by atoms with Crippen molar-refractivity contribution in [3.63, 3.8) is 0 Å². The number of piperidine rings is 1. The van der Waals surface area contributed by atoms with Crippen molar-refractivity contribution in [2.75, 3.05) is 38.3 Å². The number of aromatic nitrogens is 2. The second-order valence-electron chi connectivity index (χ2n) is 8.55. The third-order valence-electron chi connectivity index (χ3n) is 5.64. The molecule has 0 bridgehead atoms. The van der Waals surface area contributed by atoms with Crippen LogP contribution < -0.4 is 20.3 Å². The number of nitrogens with one attached hydrogen (secondary N) is 2. The summed E-state index contributed by atoms with van der Waals surface area (Å²) in [4.78, 5) is 32.8. The highest BCUT2D eigenvalue weighted by atomic mass is 19.4. The quantitative estimate of drug-likeness (QED) is 0.552. The second-order valence-corrected chi connectivity index (χ2v) is 8.55. The van der Waals surface area contributed by atoms with Crippen LogP contribution in [0.15, 0.2) is 30.5 Å². The number of hydrogen-bond donors (Lipinski definition) is 2. The number of hydrogen-bond acceptors (Lipinski definition) is 7. The number of alkyl halides is 3. The minimum atomic E-state index is -4.48. The van der Waals surface area contributed by atoms with Gasteiger partial charge in [0.2, 0.25) is 11.8 Å². The van der Waals surface area contributed by atoms with Crippen molar-refractivity contribution in [3.8, 4) is 5.88 Å². The summed E-state index contributed by atoms with van der Waals surface area (Å²) in [6.45, 7) is 3.99. The van der Waals surface area contributed by atoms with Crippen LogP contribution in [0.2, 0.25) is 0 Å². The number of carbonyl (C=O) groups excluding carboxylic acids is 2. The van der Waals surface area contributed by atoms with Gasteiger partial charge in [-0.15, -0.1) is 0 Å². The molecular weight excluding hydrogens is 479 g/mol. The van der Waals surface area contributed by atoms with Gasteiger partial charge in [-0.05, 0) is 50.5 Å². The highest BCUT2D eigenvalue weighted by Gasteiger charge is 2.30. The molecule has 1 unspecified atom stereocenters. The van der Waals surface area contributed by atoms with E-state index in [4.69, 9.17) is 9.47 Å². The van der Waals surface area contributed by atoms with Crippen LogP contribution in [0, 0.1) is 6.92 Å². The van der Waals surface area contributed by atoms with Crippen LogP contribution >= 0.6 is 0 Å². The zero-order chi connectivity index (χ0) is 26.3. The lowest BCUT2D eigenvalue weighted by molar-refractivity contribution is -0.154. The van der Waals surface area contributed by atoms with Gasteiger partial charge in [0.25, 0.3) is 5.91 Å². The van der Waals surface area contributed by atoms with Crippen LogP contribution in [0.25, 0.3) is 0 Å². The minimum Gasteiger partial charge on any atom is -0.468 e. The van der Waals surface area contributed by atoms with Gasteiger partial charge in [-0.1, -0.05) is 0 Å². The molecule has 2 fully saturated rings. The molecule has 0 aliphatic carbocycles. The van der Waals surface area contributed by atoms with E-state index in [0.29, 0.717) is 25.5 Å². The predicted octanol–water partition coefficient (Wildman–Crippen LogP) is 2.95. The third kappa shape index (κ3) is 8.36. The summed E-state index contributed by atoms with van der Waals surface area (Å²) in [6, 6.07) is 6.15. The number of halogens is 3. The maximum atomic E-state index is 13.1. The van der Waals surface area contributed by atoms with Gasteiger partial charge in [0.1, 0.15) is 5.82 Å². The molecule has 2 aromatic heterocycles. The molecule has 0 spiro atoms. The zero-order valence-corrected chi connectivity index (χ0v) is 20.4. The molecule has 196 valence electrons. The zero-order valence-electron chi connectivity index (χ0n) is 20.4. The Morgan fingerprint density at radius 2 is 1.94 bits per heavy atom. The van der Waals surface area contributed by atoms with Gasteiger partial charge in [0.15, 0.2) is 6.61 Å². The molecule has 9 nitrogen and oxygen atoms in total. The Labute approximate surface area is 207 Å². The van der Waals surface area contributed by atoms with Gasteiger partial charge in [-0.2, -0.15) is 18.2 Å². The molecule has 36 heavy (non-hydrogen) atoms. The summed E-state index contributed by atoms with van der Waals surface area (Å²) in [5.41, 5.74) is 2.00. The molecule has 2 N–H and O–H groups in total. The second kappa shape index (κ2) is 12.0. The molecule has 12 heteroatoms. The van der Waals surface area contributed by atoms with Gasteiger partial charge in [-0.25, -0.2) is 0 Å². The van der Waals surface area contributed by atoms with E-state index in [1.54, 1.807) is 13.3 Å². The number of carbonyl (C=O) groups is 2. The molecule has 2 saturated heterocycles. The number of ether oxygens (including phenoxy) is 2. The lowest BCUT2D eigenvalue weighted by Crippen LogP contribution is -2.39. The maximum absolute atomic E-state index is 13.1. The van der Waals surface area contributed by atoms with E-state index in [-0.39, 0.29) is 35.4 Å². The van der Waals surface area contributed by atoms with Crippen LogP contribution in [0.1, 0.15) is 47.4 Å². The topological polar surface area (TPSA) is 116 Å². The molecule has 2 aliphatic heterocycles. The number of methoxy groups -OCH3 is 1. The summed E-state index contributed by atoms with van der Waals surface area (Å²) >= 11 is 0. The van der Waals surface area contributed by atoms with Crippen LogP contribution in [-0.2, 0) is 9.53 Å². The average molecular weight is 510 g/mol. The highest BCUT2D eigenvalue weighted by molar-refractivity contribution is 5.99. The number of pyridine rings is 2. The van der Waals surface area contributed by atoms with Crippen molar-refractivity contribution in [2.45, 2.75) is 45.0 Å². The molecule has 0 saturated carbocycles. The van der Waals surface area contributed by atoms with Crippen LogP contribution in [0.5, 0.6) is 5.88 Å². The summed E-state index contributed by atoms with van der Waals surface area (Å²) in [7, 11) is 1.64. The third-order valence-corrected chi connectivity index (χ3v) is 5.64. The lowest BCUT2D eigenvalue weighted by Gasteiger charge is -2.33. The molecule has 2 aliphatic rings. The largest absolute Gasteiger partial charge is 0.468 e. The molecule has 0 aromatic carbocycles. The molecule has 2 aromatic rings. The minimum absolute atomic E-state index is 0.100. The summed E-state index contributed by atoms with van der Waals surface area (Å²) < 4.78 is 47.9. The lowest BCUT2D eigenvalue weighted by atomic mass is 10.1.